The molecule has 1 aromatic carbocycles. The Hall–Kier alpha value is -1.51. The summed E-state index contributed by atoms with van der Waals surface area (Å²) in [6, 6.07) is 10.5. The van der Waals surface area contributed by atoms with Crippen LogP contribution in [0.1, 0.15) is 33.3 Å². The lowest BCUT2D eigenvalue weighted by Crippen LogP contribution is -2.46. The molecular formula is C15H23N3. The monoisotopic (exact) mass is 245 g/mol. The van der Waals surface area contributed by atoms with Crippen molar-refractivity contribution in [3.8, 4) is 0 Å². The first-order valence-corrected chi connectivity index (χ1v) is 6.45. The summed E-state index contributed by atoms with van der Waals surface area (Å²) in [6.07, 6.45) is 0. The van der Waals surface area contributed by atoms with Crippen molar-refractivity contribution in [2.45, 2.75) is 38.8 Å². The van der Waals surface area contributed by atoms with Gasteiger partial charge in [0.1, 0.15) is 5.54 Å². The molecule has 1 atom stereocenters. The van der Waals surface area contributed by atoms with E-state index in [1.165, 1.54) is 5.56 Å². The van der Waals surface area contributed by atoms with Gasteiger partial charge >= 0.3 is 0 Å². The summed E-state index contributed by atoms with van der Waals surface area (Å²) in [7, 11) is 2.09. The van der Waals surface area contributed by atoms with E-state index in [1.54, 1.807) is 0 Å². The van der Waals surface area contributed by atoms with Gasteiger partial charge in [0.25, 0.3) is 0 Å². The van der Waals surface area contributed by atoms with Gasteiger partial charge < -0.3 is 10.2 Å². The fourth-order valence-electron chi connectivity index (χ4n) is 2.30. The molecule has 1 aromatic rings. The Kier molecular flexibility index (Phi) is 3.09. The van der Waals surface area contributed by atoms with Crippen LogP contribution in [0.2, 0.25) is 0 Å². The average Bonchev–Trinajstić information content (AvgIpc) is 2.54. The van der Waals surface area contributed by atoms with Crippen LogP contribution >= 0.6 is 0 Å². The Bertz CT molecular complexity index is 445. The molecule has 0 aliphatic carbocycles. The number of guanidine groups is 1. The summed E-state index contributed by atoms with van der Waals surface area (Å²) in [5.74, 6) is 0.980. The SMILES string of the molecule is CN1CC(C)(c2ccccc2)N=C1NC(C)(C)C. The summed E-state index contributed by atoms with van der Waals surface area (Å²) < 4.78 is 0. The van der Waals surface area contributed by atoms with Crippen LogP contribution in [0, 0.1) is 0 Å². The fourth-order valence-corrected chi connectivity index (χ4v) is 2.30. The molecule has 2 rings (SSSR count). The minimum absolute atomic E-state index is 0.0367. The van der Waals surface area contributed by atoms with Crippen LogP contribution in [-0.2, 0) is 5.54 Å². The lowest BCUT2D eigenvalue weighted by molar-refractivity contribution is 0.396. The highest BCUT2D eigenvalue weighted by atomic mass is 15.4. The Morgan fingerprint density at radius 2 is 1.83 bits per heavy atom. The van der Waals surface area contributed by atoms with Gasteiger partial charge in [-0.3, -0.25) is 0 Å². The standard InChI is InChI=1S/C15H23N3/c1-14(2,3)16-13-17-15(4,11-18(13)5)12-9-7-6-8-10-12/h6-10H,11H2,1-5H3,(H,16,17). The second-order valence-electron chi connectivity index (χ2n) is 6.31. The third-order valence-electron chi connectivity index (χ3n) is 3.14. The number of likely N-dealkylation sites (N-methyl/N-ethyl adjacent to an activating group) is 1. The molecule has 18 heavy (non-hydrogen) atoms. The number of rotatable bonds is 1. The summed E-state index contributed by atoms with van der Waals surface area (Å²) in [4.78, 5) is 7.08. The fraction of sp³-hybridized carbons (Fsp3) is 0.533. The Labute approximate surface area is 110 Å². The maximum atomic E-state index is 4.89. The van der Waals surface area contributed by atoms with Crippen LogP contribution in [0.3, 0.4) is 0 Å². The molecule has 0 saturated heterocycles. The summed E-state index contributed by atoms with van der Waals surface area (Å²) >= 11 is 0. The smallest absolute Gasteiger partial charge is 0.195 e. The van der Waals surface area contributed by atoms with E-state index in [0.29, 0.717) is 0 Å². The second kappa shape index (κ2) is 4.30. The van der Waals surface area contributed by atoms with Crippen LogP contribution in [0.25, 0.3) is 0 Å². The molecule has 0 saturated carbocycles. The van der Waals surface area contributed by atoms with Gasteiger partial charge in [-0.05, 0) is 33.3 Å². The van der Waals surface area contributed by atoms with Gasteiger partial charge in [0.2, 0.25) is 0 Å². The first-order valence-electron chi connectivity index (χ1n) is 6.45. The number of nitrogens with one attached hydrogen (secondary N) is 1. The van der Waals surface area contributed by atoms with Gasteiger partial charge in [-0.15, -0.1) is 0 Å². The van der Waals surface area contributed by atoms with Crippen molar-refractivity contribution in [3.05, 3.63) is 35.9 Å². The quantitative estimate of drug-likeness (QED) is 0.823. The second-order valence-corrected chi connectivity index (χ2v) is 6.31. The highest BCUT2D eigenvalue weighted by Gasteiger charge is 2.35. The molecule has 1 aliphatic rings. The molecule has 0 bridgehead atoms. The summed E-state index contributed by atoms with van der Waals surface area (Å²) in [5.41, 5.74) is 1.15. The molecule has 3 nitrogen and oxygen atoms in total. The zero-order valence-corrected chi connectivity index (χ0v) is 12.0. The van der Waals surface area contributed by atoms with Crippen LogP contribution < -0.4 is 5.32 Å². The van der Waals surface area contributed by atoms with E-state index >= 15 is 0 Å². The summed E-state index contributed by atoms with van der Waals surface area (Å²) in [5, 5.41) is 3.47. The Morgan fingerprint density at radius 3 is 2.39 bits per heavy atom. The Balaban J connectivity index is 2.27. The largest absolute Gasteiger partial charge is 0.352 e. The Morgan fingerprint density at radius 1 is 1.22 bits per heavy atom. The van der Waals surface area contributed by atoms with Crippen molar-refractivity contribution in [1.29, 1.82) is 0 Å². The highest BCUT2D eigenvalue weighted by Crippen LogP contribution is 2.30. The van der Waals surface area contributed by atoms with Gasteiger partial charge in [0.05, 0.1) is 0 Å². The molecule has 0 amide bonds. The molecule has 3 heteroatoms. The van der Waals surface area contributed by atoms with E-state index in [9.17, 15) is 0 Å². The molecular weight excluding hydrogens is 222 g/mol. The van der Waals surface area contributed by atoms with Gasteiger partial charge in [-0.2, -0.15) is 0 Å². The maximum absolute atomic E-state index is 4.89. The normalized spacial score (nSPS) is 24.1. The predicted molar refractivity (Wildman–Crippen MR) is 76.7 cm³/mol. The van der Waals surface area contributed by atoms with E-state index < -0.39 is 0 Å². The highest BCUT2D eigenvalue weighted by molar-refractivity contribution is 5.83. The molecule has 0 spiro atoms. The molecule has 0 aromatic heterocycles. The third kappa shape index (κ3) is 2.66. The van der Waals surface area contributed by atoms with Gasteiger partial charge in [-0.25, -0.2) is 4.99 Å². The van der Waals surface area contributed by atoms with E-state index in [-0.39, 0.29) is 11.1 Å². The van der Waals surface area contributed by atoms with Crippen molar-refractivity contribution in [2.24, 2.45) is 4.99 Å². The van der Waals surface area contributed by atoms with E-state index in [1.807, 2.05) is 6.07 Å². The van der Waals surface area contributed by atoms with Crippen LogP contribution in [-0.4, -0.2) is 30.0 Å². The van der Waals surface area contributed by atoms with E-state index in [2.05, 4.69) is 69.2 Å². The average molecular weight is 245 g/mol. The first kappa shape index (κ1) is 12.9. The predicted octanol–water partition coefficient (Wildman–Crippen LogP) is 2.59. The zero-order chi connectivity index (χ0) is 13.4. The lowest BCUT2D eigenvalue weighted by atomic mass is 9.93. The number of aliphatic imine (C=N–C) groups is 1. The first-order chi connectivity index (χ1) is 8.30. The molecule has 0 fully saturated rings. The van der Waals surface area contributed by atoms with Crippen LogP contribution in [0.5, 0.6) is 0 Å². The topological polar surface area (TPSA) is 27.6 Å². The number of hydrogen-bond acceptors (Lipinski definition) is 3. The van der Waals surface area contributed by atoms with Crippen molar-refractivity contribution in [1.82, 2.24) is 10.2 Å². The van der Waals surface area contributed by atoms with Crippen molar-refractivity contribution >= 4 is 5.96 Å². The van der Waals surface area contributed by atoms with Crippen LogP contribution in [0.15, 0.2) is 35.3 Å². The lowest BCUT2D eigenvalue weighted by Gasteiger charge is -2.25. The molecule has 1 aliphatic heterocycles. The summed E-state index contributed by atoms with van der Waals surface area (Å²) in [6.45, 7) is 9.57. The molecule has 0 radical (unpaired) electrons. The van der Waals surface area contributed by atoms with Gasteiger partial charge in [-0.1, -0.05) is 30.3 Å². The molecule has 98 valence electrons. The third-order valence-corrected chi connectivity index (χ3v) is 3.14. The van der Waals surface area contributed by atoms with Crippen molar-refractivity contribution in [3.63, 3.8) is 0 Å². The van der Waals surface area contributed by atoms with Crippen molar-refractivity contribution < 1.29 is 0 Å². The number of hydrogen-bond donors (Lipinski definition) is 1. The molecule has 1 unspecified atom stereocenters. The molecule has 1 N–H and O–H groups in total. The van der Waals surface area contributed by atoms with E-state index in [0.717, 1.165) is 12.5 Å². The van der Waals surface area contributed by atoms with E-state index in [4.69, 9.17) is 4.99 Å². The number of nitrogens with zero attached hydrogens (tertiary/aromatic N) is 2. The number of benzene rings is 1. The minimum Gasteiger partial charge on any atom is -0.352 e. The maximum Gasteiger partial charge on any atom is 0.195 e. The van der Waals surface area contributed by atoms with Gasteiger partial charge in [0, 0.05) is 19.1 Å². The molecule has 1 heterocycles. The minimum atomic E-state index is -0.149. The van der Waals surface area contributed by atoms with Crippen molar-refractivity contribution in [2.75, 3.05) is 13.6 Å². The van der Waals surface area contributed by atoms with Gasteiger partial charge in [0.15, 0.2) is 5.96 Å². The van der Waals surface area contributed by atoms with Crippen LogP contribution in [0.4, 0.5) is 0 Å². The zero-order valence-electron chi connectivity index (χ0n) is 12.0.